The molecule has 4 aromatic heterocycles. The van der Waals surface area contributed by atoms with Gasteiger partial charge in [-0.3, -0.25) is 33.7 Å². The van der Waals surface area contributed by atoms with E-state index in [9.17, 15) is 14.4 Å². The molecule has 164 valence electrons. The number of aryl methyl sites for hydroxylation is 1. The van der Waals surface area contributed by atoms with Crippen molar-refractivity contribution >= 4 is 45.6 Å². The summed E-state index contributed by atoms with van der Waals surface area (Å²) in [6.45, 7) is 4.24. The van der Waals surface area contributed by atoms with E-state index in [0.717, 1.165) is 4.57 Å². The van der Waals surface area contributed by atoms with E-state index in [2.05, 4.69) is 32.1 Å². The molecule has 4 heterocycles. The van der Waals surface area contributed by atoms with Gasteiger partial charge in [-0.15, -0.1) is 17.9 Å². The highest BCUT2D eigenvalue weighted by Crippen LogP contribution is 2.19. The van der Waals surface area contributed by atoms with Crippen LogP contribution in [0.4, 0.5) is 5.13 Å². The molecule has 11 nitrogen and oxygen atoms in total. The topological polar surface area (TPSA) is 132 Å². The predicted molar refractivity (Wildman–Crippen MR) is 123 cm³/mol. The van der Waals surface area contributed by atoms with E-state index in [1.54, 1.807) is 6.08 Å². The van der Waals surface area contributed by atoms with E-state index in [1.165, 1.54) is 42.1 Å². The molecule has 0 bridgehead atoms. The van der Waals surface area contributed by atoms with Gasteiger partial charge in [0, 0.05) is 26.0 Å². The second-order valence-corrected chi connectivity index (χ2v) is 8.14. The summed E-state index contributed by atoms with van der Waals surface area (Å²) in [6, 6.07) is 2.92. The fourth-order valence-electron chi connectivity index (χ4n) is 3.15. The summed E-state index contributed by atoms with van der Waals surface area (Å²) in [5.41, 5.74) is -0.0882. The minimum atomic E-state index is -0.522. The average molecular weight is 471 g/mol. The molecule has 0 unspecified atom stereocenters. The van der Waals surface area contributed by atoms with Crippen LogP contribution in [0.15, 0.2) is 39.8 Å². The Morgan fingerprint density at radius 3 is 2.81 bits per heavy atom. The Morgan fingerprint density at radius 2 is 2.06 bits per heavy atom. The summed E-state index contributed by atoms with van der Waals surface area (Å²) in [7, 11) is 2.88. The SMILES string of the molecule is C=CCn1c(Cc2csc(NC(=O)c3ccc4c(=O)n(C)c(=O)n(C)c4n3)n2)n[nH]c1=S. The minimum absolute atomic E-state index is 0.0596. The molecule has 32 heavy (non-hydrogen) atoms. The number of anilines is 1. The third-order valence-corrected chi connectivity index (χ3v) is 5.91. The van der Waals surface area contributed by atoms with Crippen molar-refractivity contribution in [2.75, 3.05) is 5.32 Å². The lowest BCUT2D eigenvalue weighted by Crippen LogP contribution is -2.37. The lowest BCUT2D eigenvalue weighted by molar-refractivity contribution is 0.102. The molecule has 0 aliphatic heterocycles. The number of fused-ring (bicyclic) bond motifs is 1. The van der Waals surface area contributed by atoms with Gasteiger partial charge in [-0.05, 0) is 24.4 Å². The first-order valence-electron chi connectivity index (χ1n) is 9.37. The Balaban J connectivity index is 1.56. The first-order valence-corrected chi connectivity index (χ1v) is 10.7. The van der Waals surface area contributed by atoms with Crippen LogP contribution in [0.5, 0.6) is 0 Å². The summed E-state index contributed by atoms with van der Waals surface area (Å²) in [5, 5.41) is 12.1. The van der Waals surface area contributed by atoms with Crippen LogP contribution >= 0.6 is 23.6 Å². The maximum Gasteiger partial charge on any atom is 0.332 e. The molecule has 4 rings (SSSR count). The molecule has 0 aliphatic carbocycles. The number of carbonyl (C=O) groups is 1. The zero-order chi connectivity index (χ0) is 23.0. The van der Waals surface area contributed by atoms with Crippen LogP contribution in [0.2, 0.25) is 0 Å². The number of rotatable bonds is 6. The quantitative estimate of drug-likeness (QED) is 0.321. The van der Waals surface area contributed by atoms with E-state index in [1.807, 2.05) is 9.95 Å². The fourth-order valence-corrected chi connectivity index (χ4v) is 4.08. The van der Waals surface area contributed by atoms with Crippen LogP contribution in [-0.2, 0) is 27.1 Å². The van der Waals surface area contributed by atoms with Gasteiger partial charge in [0.25, 0.3) is 11.5 Å². The van der Waals surface area contributed by atoms with Crippen molar-refractivity contribution in [3.05, 3.63) is 73.0 Å². The molecule has 0 saturated heterocycles. The number of nitrogens with one attached hydrogen (secondary N) is 2. The standard InChI is InChI=1S/C19H18N8O3S2/c1-4-7-27-13(23-24-18(27)31)8-10-9-32-17(20-10)22-15(28)12-6-5-11-14(21-12)25(2)19(30)26(3)16(11)29/h4-6,9H,1,7-8H2,2-3H3,(H,24,31)(H,20,22,28). The van der Waals surface area contributed by atoms with Gasteiger partial charge in [0.05, 0.1) is 17.5 Å². The van der Waals surface area contributed by atoms with Crippen molar-refractivity contribution in [2.24, 2.45) is 14.1 Å². The highest BCUT2D eigenvalue weighted by molar-refractivity contribution is 7.71. The summed E-state index contributed by atoms with van der Waals surface area (Å²) in [6.07, 6.45) is 2.15. The third kappa shape index (κ3) is 3.83. The van der Waals surface area contributed by atoms with E-state index in [-0.39, 0.29) is 16.7 Å². The van der Waals surface area contributed by atoms with Gasteiger partial charge in [-0.2, -0.15) is 5.10 Å². The molecule has 1 amide bonds. The number of carbonyl (C=O) groups excluding carboxylic acids is 1. The van der Waals surface area contributed by atoms with Crippen LogP contribution in [0, 0.1) is 4.77 Å². The van der Waals surface area contributed by atoms with E-state index in [0.29, 0.717) is 34.4 Å². The molecular weight excluding hydrogens is 452 g/mol. The Bertz CT molecular complexity index is 1540. The maximum absolute atomic E-state index is 12.7. The molecule has 0 atom stereocenters. The minimum Gasteiger partial charge on any atom is -0.300 e. The molecule has 13 heteroatoms. The number of aromatic nitrogens is 7. The zero-order valence-electron chi connectivity index (χ0n) is 17.2. The molecule has 0 spiro atoms. The molecule has 2 N–H and O–H groups in total. The smallest absolute Gasteiger partial charge is 0.300 e. The second-order valence-electron chi connectivity index (χ2n) is 6.89. The monoisotopic (exact) mass is 470 g/mol. The van der Waals surface area contributed by atoms with Crippen molar-refractivity contribution in [3.8, 4) is 0 Å². The highest BCUT2D eigenvalue weighted by atomic mass is 32.1. The Morgan fingerprint density at radius 1 is 1.28 bits per heavy atom. The molecule has 4 aromatic rings. The number of H-pyrrole nitrogens is 1. The Labute approximate surface area is 189 Å². The van der Waals surface area contributed by atoms with Crippen molar-refractivity contribution < 1.29 is 4.79 Å². The number of hydrogen-bond donors (Lipinski definition) is 2. The molecule has 0 aliphatic rings. The van der Waals surface area contributed by atoms with E-state index >= 15 is 0 Å². The normalized spacial score (nSPS) is 11.1. The highest BCUT2D eigenvalue weighted by Gasteiger charge is 2.16. The van der Waals surface area contributed by atoms with Gasteiger partial charge in [-0.1, -0.05) is 6.08 Å². The molecule has 0 aromatic carbocycles. The molecule has 0 radical (unpaired) electrons. The van der Waals surface area contributed by atoms with Gasteiger partial charge in [0.1, 0.15) is 17.2 Å². The number of allylic oxidation sites excluding steroid dienone is 1. The summed E-state index contributed by atoms with van der Waals surface area (Å²) < 4.78 is 4.53. The van der Waals surface area contributed by atoms with E-state index in [4.69, 9.17) is 12.2 Å². The van der Waals surface area contributed by atoms with Crippen LogP contribution in [0.3, 0.4) is 0 Å². The summed E-state index contributed by atoms with van der Waals surface area (Å²) >= 11 is 6.47. The summed E-state index contributed by atoms with van der Waals surface area (Å²) in [4.78, 5) is 45.8. The fraction of sp³-hybridized carbons (Fsp3) is 0.211. The third-order valence-electron chi connectivity index (χ3n) is 4.79. The van der Waals surface area contributed by atoms with Crippen molar-refractivity contribution in [3.63, 3.8) is 0 Å². The number of aromatic amines is 1. The summed E-state index contributed by atoms with van der Waals surface area (Å²) in [5.74, 6) is 0.201. The molecular formula is C19H18N8O3S2. The number of thiazole rings is 1. The number of hydrogen-bond acceptors (Lipinski definition) is 8. The first kappa shape index (κ1) is 21.5. The lowest BCUT2D eigenvalue weighted by Gasteiger charge is -2.08. The zero-order valence-corrected chi connectivity index (χ0v) is 18.8. The van der Waals surface area contributed by atoms with E-state index < -0.39 is 17.2 Å². The van der Waals surface area contributed by atoms with Crippen LogP contribution in [0.25, 0.3) is 11.0 Å². The van der Waals surface area contributed by atoms with Crippen LogP contribution in [0.1, 0.15) is 22.0 Å². The maximum atomic E-state index is 12.7. The van der Waals surface area contributed by atoms with Crippen molar-refractivity contribution in [1.82, 2.24) is 33.9 Å². The van der Waals surface area contributed by atoms with Gasteiger partial charge in [0.15, 0.2) is 9.90 Å². The van der Waals surface area contributed by atoms with Gasteiger partial charge >= 0.3 is 5.69 Å². The Hall–Kier alpha value is -3.71. The van der Waals surface area contributed by atoms with Crippen LogP contribution in [-0.4, -0.2) is 39.8 Å². The van der Waals surface area contributed by atoms with Crippen molar-refractivity contribution in [2.45, 2.75) is 13.0 Å². The number of amides is 1. The van der Waals surface area contributed by atoms with Gasteiger partial charge in [0.2, 0.25) is 0 Å². The predicted octanol–water partition coefficient (Wildman–Crippen LogP) is 1.37. The number of pyridine rings is 1. The van der Waals surface area contributed by atoms with Crippen molar-refractivity contribution in [1.29, 1.82) is 0 Å². The largest absolute Gasteiger partial charge is 0.332 e. The number of nitrogens with zero attached hydrogens (tertiary/aromatic N) is 6. The van der Waals surface area contributed by atoms with Crippen LogP contribution < -0.4 is 16.6 Å². The molecule has 0 saturated carbocycles. The second kappa shape index (κ2) is 8.43. The lowest BCUT2D eigenvalue weighted by atomic mass is 10.2. The van der Waals surface area contributed by atoms with Gasteiger partial charge < -0.3 is 0 Å². The average Bonchev–Trinajstić information content (AvgIpc) is 3.37. The first-order chi connectivity index (χ1) is 15.3. The Kier molecular flexibility index (Phi) is 5.67. The molecule has 0 fully saturated rings. The van der Waals surface area contributed by atoms with Gasteiger partial charge in [-0.25, -0.2) is 14.8 Å².